The first-order valence-corrected chi connectivity index (χ1v) is 13.8. The Hall–Kier alpha value is 1.05. The number of phosphoric ester groups is 1. The summed E-state index contributed by atoms with van der Waals surface area (Å²) < 4.78 is 25.3. The van der Waals surface area contributed by atoms with E-state index in [0.717, 1.165) is 38.5 Å². The van der Waals surface area contributed by atoms with Gasteiger partial charge in [0.25, 0.3) is 0 Å². The van der Waals surface area contributed by atoms with Gasteiger partial charge < -0.3 is 28.3 Å². The van der Waals surface area contributed by atoms with Gasteiger partial charge in [0.05, 0.1) is 14.4 Å². The number of esters is 2. The predicted molar refractivity (Wildman–Crippen MR) is 120 cm³/mol. The summed E-state index contributed by atoms with van der Waals surface area (Å²) in [5, 5.41) is 0. The van der Waals surface area contributed by atoms with Crippen molar-refractivity contribution in [1.29, 1.82) is 0 Å². The molecule has 11 heteroatoms. The van der Waals surface area contributed by atoms with E-state index in [1.54, 1.807) is 0 Å². The van der Waals surface area contributed by atoms with Crippen molar-refractivity contribution in [2.45, 2.75) is 123 Å². The molecule has 0 N–H and O–H groups in total. The van der Waals surface area contributed by atoms with Gasteiger partial charge in [-0.25, -0.2) is 0 Å². The van der Waals surface area contributed by atoms with Gasteiger partial charge in [0.15, 0.2) is 6.10 Å². The number of carbonyl (C=O) groups is 2. The van der Waals surface area contributed by atoms with E-state index in [1.165, 1.54) is 38.5 Å². The number of rotatable bonds is 22. The third-order valence-electron chi connectivity index (χ3n) is 5.12. The van der Waals surface area contributed by atoms with Crippen molar-refractivity contribution in [3.8, 4) is 0 Å². The number of carbonyl (C=O) groups excluding carboxylic acids is 2. The van der Waals surface area contributed by atoms with Crippen LogP contribution in [0, 0.1) is 0 Å². The van der Waals surface area contributed by atoms with Crippen LogP contribution in [0.5, 0.6) is 0 Å². The van der Waals surface area contributed by atoms with Gasteiger partial charge in [-0.15, -0.1) is 0 Å². The second-order valence-corrected chi connectivity index (χ2v) is 9.43. The molecule has 0 unspecified atom stereocenters. The number of phosphoric acid groups is 1. The molecule has 0 heterocycles. The van der Waals surface area contributed by atoms with Crippen molar-refractivity contribution in [3.63, 3.8) is 0 Å². The van der Waals surface area contributed by atoms with Crippen LogP contribution in [-0.2, 0) is 28.2 Å². The van der Waals surface area contributed by atoms with E-state index in [2.05, 4.69) is 18.4 Å². The molecule has 0 aliphatic carbocycles. The third kappa shape index (κ3) is 29.3. The van der Waals surface area contributed by atoms with E-state index >= 15 is 0 Å². The fraction of sp³-hybridized carbons (Fsp3) is 0.913. The fourth-order valence-electron chi connectivity index (χ4n) is 3.25. The van der Waals surface area contributed by atoms with E-state index in [4.69, 9.17) is 9.47 Å². The molecule has 8 nitrogen and oxygen atoms in total. The Morgan fingerprint density at radius 1 is 0.676 bits per heavy atom. The summed E-state index contributed by atoms with van der Waals surface area (Å²) in [4.78, 5) is 45.4. The van der Waals surface area contributed by atoms with Gasteiger partial charge in [-0.3, -0.25) is 9.59 Å². The molecule has 0 rings (SSSR count). The van der Waals surface area contributed by atoms with E-state index < -0.39 is 32.5 Å². The first-order valence-electron chi connectivity index (χ1n) is 12.3. The molecule has 0 fully saturated rings. The molecule has 0 aliphatic heterocycles. The van der Waals surface area contributed by atoms with Crippen molar-refractivity contribution < 1.29 is 97.1 Å². The third-order valence-corrected chi connectivity index (χ3v) is 5.58. The minimum absolute atomic E-state index is 0. The molecule has 1 atom stereocenters. The molecule has 0 aromatic rings. The van der Waals surface area contributed by atoms with Gasteiger partial charge in [-0.2, -0.15) is 0 Å². The molecule has 0 aromatic heterocycles. The largest absolute Gasteiger partial charge is 1.00 e. The fourth-order valence-corrected chi connectivity index (χ4v) is 3.60. The average Bonchev–Trinajstić information content (AvgIpc) is 2.73. The van der Waals surface area contributed by atoms with E-state index in [1.807, 2.05) is 0 Å². The second-order valence-electron chi connectivity index (χ2n) is 8.28. The van der Waals surface area contributed by atoms with E-state index in [9.17, 15) is 23.9 Å². The monoisotopic (exact) mass is 524 g/mol. The number of hydrogen-bond donors (Lipinski definition) is 0. The average molecular weight is 525 g/mol. The molecule has 0 saturated carbocycles. The topological polar surface area (TPSA) is 125 Å². The minimum atomic E-state index is -5.22. The second kappa shape index (κ2) is 27.1. The predicted octanol–water partition coefficient (Wildman–Crippen LogP) is -1.42. The molecular formula is C23H43Na2O8P. The Morgan fingerprint density at radius 2 is 1.09 bits per heavy atom. The van der Waals surface area contributed by atoms with Crippen LogP contribution in [-0.4, -0.2) is 31.3 Å². The normalized spacial score (nSPS) is 11.8. The quantitative estimate of drug-likeness (QED) is 0.0731. The zero-order chi connectivity index (χ0) is 24.1. The van der Waals surface area contributed by atoms with Gasteiger partial charge in [-0.05, 0) is 12.8 Å². The van der Waals surface area contributed by atoms with Gasteiger partial charge in [-0.1, -0.05) is 90.9 Å². The minimum Gasteiger partial charge on any atom is -0.790 e. The summed E-state index contributed by atoms with van der Waals surface area (Å²) in [5.41, 5.74) is 0. The van der Waals surface area contributed by atoms with Crippen molar-refractivity contribution in [1.82, 2.24) is 0 Å². The molecule has 0 radical (unpaired) electrons. The molecule has 0 bridgehead atoms. The number of ether oxygens (including phenoxy) is 2. The maximum absolute atomic E-state index is 12.0. The maximum atomic E-state index is 12.0. The van der Waals surface area contributed by atoms with Crippen molar-refractivity contribution in [3.05, 3.63) is 0 Å². The Balaban J connectivity index is -0.00000480. The summed E-state index contributed by atoms with van der Waals surface area (Å²) in [6.07, 6.45) is 14.1. The molecule has 190 valence electrons. The van der Waals surface area contributed by atoms with Crippen LogP contribution in [0.15, 0.2) is 0 Å². The van der Waals surface area contributed by atoms with E-state index in [0.29, 0.717) is 12.8 Å². The molecular weight excluding hydrogens is 481 g/mol. The molecule has 34 heavy (non-hydrogen) atoms. The first kappa shape index (κ1) is 39.6. The van der Waals surface area contributed by atoms with Crippen LogP contribution in [0.1, 0.15) is 117 Å². The SMILES string of the molecule is CCCCCCCCCC(=O)OC[C@H](COP(=O)([O-])[O-])OC(=O)CCCCCCCCC.[Na+].[Na+]. The van der Waals surface area contributed by atoms with Crippen LogP contribution in [0.25, 0.3) is 0 Å². The summed E-state index contributed by atoms with van der Waals surface area (Å²) in [6.45, 7) is 3.32. The Labute approximate surface area is 250 Å². The Kier molecular flexibility index (Phi) is 31.5. The summed E-state index contributed by atoms with van der Waals surface area (Å²) >= 11 is 0. The van der Waals surface area contributed by atoms with E-state index in [-0.39, 0.29) is 78.6 Å². The van der Waals surface area contributed by atoms with Crippen LogP contribution in [0.4, 0.5) is 0 Å². The van der Waals surface area contributed by atoms with Gasteiger partial charge in [0, 0.05) is 12.8 Å². The zero-order valence-corrected chi connectivity index (χ0v) is 26.9. The molecule has 0 saturated heterocycles. The summed E-state index contributed by atoms with van der Waals surface area (Å²) in [5.74, 6) is -0.971. The molecule has 0 aliphatic rings. The Morgan fingerprint density at radius 3 is 1.53 bits per heavy atom. The summed E-state index contributed by atoms with van der Waals surface area (Å²) in [6, 6.07) is 0. The summed E-state index contributed by atoms with van der Waals surface area (Å²) in [7, 11) is -5.22. The first-order chi connectivity index (χ1) is 15.3. The van der Waals surface area contributed by atoms with Crippen LogP contribution in [0.2, 0.25) is 0 Å². The van der Waals surface area contributed by atoms with Crippen molar-refractivity contribution >= 4 is 19.8 Å². The Bertz CT molecular complexity index is 531. The van der Waals surface area contributed by atoms with Crippen LogP contribution < -0.4 is 68.9 Å². The molecule has 0 aromatic carbocycles. The van der Waals surface area contributed by atoms with Crippen molar-refractivity contribution in [2.24, 2.45) is 0 Å². The maximum Gasteiger partial charge on any atom is 1.00 e. The zero-order valence-electron chi connectivity index (χ0n) is 22.0. The smallest absolute Gasteiger partial charge is 0.790 e. The van der Waals surface area contributed by atoms with Gasteiger partial charge >= 0.3 is 71.1 Å². The van der Waals surface area contributed by atoms with Gasteiger partial charge in [0.1, 0.15) is 6.61 Å². The number of hydrogen-bond acceptors (Lipinski definition) is 8. The van der Waals surface area contributed by atoms with Crippen molar-refractivity contribution in [2.75, 3.05) is 13.2 Å². The number of unbranched alkanes of at least 4 members (excludes halogenated alkanes) is 12. The van der Waals surface area contributed by atoms with Gasteiger partial charge in [0.2, 0.25) is 0 Å². The van der Waals surface area contributed by atoms with Crippen LogP contribution in [0.3, 0.4) is 0 Å². The standard InChI is InChI=1S/C23H45O8P.2Na/c1-3-5-7-9-11-13-15-17-22(24)29-19-21(20-30-32(26,27)28)31-23(25)18-16-14-12-10-8-6-4-2;;/h21H,3-20H2,1-2H3,(H2,26,27,28);;/q;2*+1/p-2/t21-;;/m1../s1. The van der Waals surface area contributed by atoms with Crippen LogP contribution >= 0.6 is 7.82 Å². The molecule has 0 spiro atoms. The molecule has 0 amide bonds.